The third kappa shape index (κ3) is 2.92. The van der Waals surface area contributed by atoms with Crippen LogP contribution >= 0.6 is 11.8 Å². The molecule has 6 heteroatoms. The van der Waals surface area contributed by atoms with Crippen molar-refractivity contribution in [1.82, 2.24) is 24.5 Å². The Labute approximate surface area is 134 Å². The highest BCUT2D eigenvalue weighted by Crippen LogP contribution is 2.24. The normalized spacial score (nSPS) is 11.3. The summed E-state index contributed by atoms with van der Waals surface area (Å²) in [6.45, 7) is 4.30. The summed E-state index contributed by atoms with van der Waals surface area (Å²) in [6.07, 6.45) is 9.50. The monoisotopic (exact) mass is 313 g/mol. The highest BCUT2D eigenvalue weighted by molar-refractivity contribution is 7.97. The van der Waals surface area contributed by atoms with Crippen LogP contribution in [0.25, 0.3) is 16.9 Å². The van der Waals surface area contributed by atoms with E-state index in [0.717, 1.165) is 22.7 Å². The Balaban J connectivity index is 1.95. The molecule has 0 aliphatic rings. The van der Waals surface area contributed by atoms with Crippen molar-refractivity contribution in [3.63, 3.8) is 0 Å². The van der Waals surface area contributed by atoms with Gasteiger partial charge in [0.15, 0.2) is 0 Å². The number of aromatic nitrogens is 5. The average molecular weight is 313 g/mol. The molecule has 114 valence electrons. The molecule has 3 aromatic rings. The molecule has 3 rings (SSSR count). The second-order valence-electron chi connectivity index (χ2n) is 5.38. The second-order valence-corrected chi connectivity index (χ2v) is 6.24. The van der Waals surface area contributed by atoms with Crippen LogP contribution < -0.4 is 0 Å². The standard InChI is InChI=1S/C16H19N5S/c1-12(2)21-15(11-22-3)7-16(19-21)13-8-18-20(10-13)14-5-4-6-17-9-14/h4-10,12H,11H2,1-3H3. The fraction of sp³-hybridized carbons (Fsp3) is 0.312. The van der Waals surface area contributed by atoms with Gasteiger partial charge in [0.2, 0.25) is 0 Å². The molecule has 0 saturated heterocycles. The minimum absolute atomic E-state index is 0.351. The van der Waals surface area contributed by atoms with E-state index >= 15 is 0 Å². The van der Waals surface area contributed by atoms with Crippen molar-refractivity contribution in [2.45, 2.75) is 25.6 Å². The Hall–Kier alpha value is -2.08. The van der Waals surface area contributed by atoms with Gasteiger partial charge in [-0.25, -0.2) is 4.68 Å². The number of hydrogen-bond donors (Lipinski definition) is 0. The lowest BCUT2D eigenvalue weighted by Gasteiger charge is -2.09. The van der Waals surface area contributed by atoms with Crippen LogP contribution in [0.15, 0.2) is 43.0 Å². The van der Waals surface area contributed by atoms with Crippen LogP contribution in [0.1, 0.15) is 25.6 Å². The first kappa shape index (κ1) is 14.8. The van der Waals surface area contributed by atoms with E-state index in [0.29, 0.717) is 6.04 Å². The molecule has 3 heterocycles. The van der Waals surface area contributed by atoms with E-state index in [-0.39, 0.29) is 0 Å². The largest absolute Gasteiger partial charge is 0.266 e. The number of rotatable bonds is 5. The van der Waals surface area contributed by atoms with Gasteiger partial charge >= 0.3 is 0 Å². The zero-order valence-electron chi connectivity index (χ0n) is 13.0. The van der Waals surface area contributed by atoms with Crippen molar-refractivity contribution in [1.29, 1.82) is 0 Å². The summed E-state index contributed by atoms with van der Waals surface area (Å²) in [5, 5.41) is 9.15. The third-order valence-electron chi connectivity index (χ3n) is 3.38. The lowest BCUT2D eigenvalue weighted by atomic mass is 10.2. The van der Waals surface area contributed by atoms with E-state index < -0.39 is 0 Å². The molecule has 0 spiro atoms. The van der Waals surface area contributed by atoms with Gasteiger partial charge in [-0.3, -0.25) is 9.67 Å². The summed E-state index contributed by atoms with van der Waals surface area (Å²) >= 11 is 1.81. The van der Waals surface area contributed by atoms with E-state index in [1.807, 2.05) is 29.2 Å². The summed E-state index contributed by atoms with van der Waals surface area (Å²) in [7, 11) is 0. The highest BCUT2D eigenvalue weighted by Gasteiger charge is 2.13. The maximum Gasteiger partial charge on any atom is 0.0958 e. The maximum absolute atomic E-state index is 4.74. The van der Waals surface area contributed by atoms with Gasteiger partial charge in [0, 0.05) is 35.4 Å². The van der Waals surface area contributed by atoms with Crippen molar-refractivity contribution < 1.29 is 0 Å². The van der Waals surface area contributed by atoms with E-state index in [9.17, 15) is 0 Å². The molecule has 0 unspecified atom stereocenters. The molecule has 0 bridgehead atoms. The molecule has 0 radical (unpaired) electrons. The molecule has 0 aromatic carbocycles. The zero-order chi connectivity index (χ0) is 15.5. The van der Waals surface area contributed by atoms with E-state index in [2.05, 4.69) is 40.9 Å². The molecule has 0 amide bonds. The van der Waals surface area contributed by atoms with Gasteiger partial charge in [-0.15, -0.1) is 0 Å². The van der Waals surface area contributed by atoms with Crippen LogP contribution in [0.5, 0.6) is 0 Å². The molecule has 3 aromatic heterocycles. The smallest absolute Gasteiger partial charge is 0.0958 e. The van der Waals surface area contributed by atoms with Crippen LogP contribution in [0.4, 0.5) is 0 Å². The van der Waals surface area contributed by atoms with Crippen molar-refractivity contribution >= 4 is 11.8 Å². The van der Waals surface area contributed by atoms with Gasteiger partial charge in [-0.2, -0.15) is 22.0 Å². The van der Waals surface area contributed by atoms with Gasteiger partial charge in [-0.05, 0) is 38.3 Å². The first-order valence-electron chi connectivity index (χ1n) is 7.22. The van der Waals surface area contributed by atoms with Gasteiger partial charge < -0.3 is 0 Å². The Morgan fingerprint density at radius 2 is 2.14 bits per heavy atom. The lowest BCUT2D eigenvalue weighted by molar-refractivity contribution is 0.519. The zero-order valence-corrected chi connectivity index (χ0v) is 13.8. The second kappa shape index (κ2) is 6.36. The van der Waals surface area contributed by atoms with Crippen LogP contribution in [-0.2, 0) is 5.75 Å². The Bertz CT molecular complexity index is 745. The Kier molecular flexibility index (Phi) is 4.29. The molecular weight excluding hydrogens is 294 g/mol. The summed E-state index contributed by atoms with van der Waals surface area (Å²) < 4.78 is 3.91. The van der Waals surface area contributed by atoms with E-state index in [1.54, 1.807) is 24.2 Å². The molecule has 5 nitrogen and oxygen atoms in total. The van der Waals surface area contributed by atoms with Crippen LogP contribution in [-0.4, -0.2) is 30.8 Å². The topological polar surface area (TPSA) is 48.5 Å². The summed E-state index contributed by atoms with van der Waals surface area (Å²) in [5.74, 6) is 0.960. The average Bonchev–Trinajstić information content (AvgIpc) is 3.15. The SMILES string of the molecule is CSCc1cc(-c2cnn(-c3cccnc3)c2)nn1C(C)C. The molecule has 0 N–H and O–H groups in total. The first-order valence-corrected chi connectivity index (χ1v) is 8.61. The van der Waals surface area contributed by atoms with E-state index in [4.69, 9.17) is 5.10 Å². The first-order chi connectivity index (χ1) is 10.7. The van der Waals surface area contributed by atoms with Crippen molar-refractivity contribution in [3.8, 4) is 16.9 Å². The van der Waals surface area contributed by atoms with Gasteiger partial charge in [0.1, 0.15) is 0 Å². The quantitative estimate of drug-likeness (QED) is 0.722. The van der Waals surface area contributed by atoms with E-state index in [1.165, 1.54) is 5.69 Å². The maximum atomic E-state index is 4.74. The minimum atomic E-state index is 0.351. The Morgan fingerprint density at radius 1 is 1.27 bits per heavy atom. The molecule has 0 fully saturated rings. The molecule has 0 saturated carbocycles. The summed E-state index contributed by atoms with van der Waals surface area (Å²) in [6, 6.07) is 6.39. The van der Waals surface area contributed by atoms with Crippen molar-refractivity contribution in [2.75, 3.05) is 6.26 Å². The molecule has 0 aliphatic carbocycles. The van der Waals surface area contributed by atoms with Gasteiger partial charge in [-0.1, -0.05) is 0 Å². The number of pyridine rings is 1. The van der Waals surface area contributed by atoms with Crippen LogP contribution in [0.2, 0.25) is 0 Å². The predicted molar refractivity (Wildman–Crippen MR) is 90.2 cm³/mol. The molecule has 22 heavy (non-hydrogen) atoms. The Morgan fingerprint density at radius 3 is 2.82 bits per heavy atom. The summed E-state index contributed by atoms with van der Waals surface area (Å²) in [4.78, 5) is 4.13. The lowest BCUT2D eigenvalue weighted by Crippen LogP contribution is -2.06. The fourth-order valence-electron chi connectivity index (χ4n) is 2.36. The third-order valence-corrected chi connectivity index (χ3v) is 3.97. The van der Waals surface area contributed by atoms with Gasteiger partial charge in [0.05, 0.1) is 23.8 Å². The minimum Gasteiger partial charge on any atom is -0.266 e. The van der Waals surface area contributed by atoms with Crippen LogP contribution in [0.3, 0.4) is 0 Å². The molecule has 0 aliphatic heterocycles. The number of nitrogens with zero attached hydrogens (tertiary/aromatic N) is 5. The molecule has 0 atom stereocenters. The van der Waals surface area contributed by atoms with Crippen LogP contribution in [0, 0.1) is 0 Å². The number of hydrogen-bond acceptors (Lipinski definition) is 4. The molecular formula is C16H19N5S. The van der Waals surface area contributed by atoms with Gasteiger partial charge in [0.25, 0.3) is 0 Å². The van der Waals surface area contributed by atoms with Crippen molar-refractivity contribution in [3.05, 3.63) is 48.7 Å². The summed E-state index contributed by atoms with van der Waals surface area (Å²) in [5.41, 5.74) is 4.17. The number of thioether (sulfide) groups is 1. The highest BCUT2D eigenvalue weighted by atomic mass is 32.2. The van der Waals surface area contributed by atoms with Crippen molar-refractivity contribution in [2.24, 2.45) is 0 Å². The fourth-order valence-corrected chi connectivity index (χ4v) is 2.87. The predicted octanol–water partition coefficient (Wildman–Crippen LogP) is 3.57.